The molecule has 0 radical (unpaired) electrons. The third kappa shape index (κ3) is 3.71. The lowest BCUT2D eigenvalue weighted by Gasteiger charge is -2.22. The Morgan fingerprint density at radius 2 is 2.00 bits per heavy atom. The van der Waals surface area contributed by atoms with Gasteiger partial charge in [-0.3, -0.25) is 9.59 Å². The fraction of sp³-hybridized carbons (Fsp3) is 0.231. The van der Waals surface area contributed by atoms with Gasteiger partial charge in [-0.2, -0.15) is 0 Å². The molecule has 0 aliphatic carbocycles. The van der Waals surface area contributed by atoms with E-state index in [2.05, 4.69) is 6.58 Å². The molecule has 1 rings (SSSR count). The van der Waals surface area contributed by atoms with Gasteiger partial charge in [-0.15, -0.1) is 6.58 Å². The zero-order chi connectivity index (χ0) is 13.5. The van der Waals surface area contributed by atoms with Crippen molar-refractivity contribution in [1.29, 1.82) is 0 Å². The molecular weight excluding hydrogens is 232 g/mol. The Hall–Kier alpha value is -2.14. The summed E-state index contributed by atoms with van der Waals surface area (Å²) in [5.41, 5.74) is 6.48. The number of benzene rings is 1. The highest BCUT2D eigenvalue weighted by molar-refractivity contribution is 5.86. The van der Waals surface area contributed by atoms with Crippen molar-refractivity contribution in [2.75, 3.05) is 13.1 Å². The molecule has 96 valence electrons. The van der Waals surface area contributed by atoms with Gasteiger partial charge in [-0.25, -0.2) is 0 Å². The molecule has 1 unspecified atom stereocenters. The molecule has 1 amide bonds. The maximum atomic E-state index is 12.1. The topological polar surface area (TPSA) is 83.6 Å². The lowest BCUT2D eigenvalue weighted by atomic mass is 10.1. The maximum absolute atomic E-state index is 12.1. The minimum atomic E-state index is -1.08. The number of amides is 1. The van der Waals surface area contributed by atoms with Gasteiger partial charge in [0.2, 0.25) is 5.91 Å². The Kier molecular flexibility index (Phi) is 5.07. The Labute approximate surface area is 106 Å². The zero-order valence-electron chi connectivity index (χ0n) is 9.95. The van der Waals surface area contributed by atoms with Crippen LogP contribution in [0.25, 0.3) is 0 Å². The van der Waals surface area contributed by atoms with Gasteiger partial charge in [-0.1, -0.05) is 36.4 Å². The van der Waals surface area contributed by atoms with Gasteiger partial charge in [0.05, 0.1) is 0 Å². The second-order valence-corrected chi connectivity index (χ2v) is 3.79. The van der Waals surface area contributed by atoms with E-state index in [-0.39, 0.29) is 13.1 Å². The third-order valence-electron chi connectivity index (χ3n) is 2.41. The van der Waals surface area contributed by atoms with E-state index >= 15 is 0 Å². The van der Waals surface area contributed by atoms with Crippen LogP contribution in [0.2, 0.25) is 0 Å². The van der Waals surface area contributed by atoms with Gasteiger partial charge in [0.25, 0.3) is 0 Å². The normalized spacial score (nSPS) is 11.6. The number of rotatable bonds is 6. The van der Waals surface area contributed by atoms with E-state index in [4.69, 9.17) is 10.8 Å². The molecule has 1 aromatic carbocycles. The van der Waals surface area contributed by atoms with Crippen LogP contribution in [0.1, 0.15) is 11.6 Å². The van der Waals surface area contributed by atoms with Crippen molar-refractivity contribution in [3.05, 3.63) is 48.6 Å². The number of carboxylic acids is 1. The van der Waals surface area contributed by atoms with Crippen LogP contribution in [0, 0.1) is 0 Å². The summed E-state index contributed by atoms with van der Waals surface area (Å²) in [6.07, 6.45) is 1.47. The Balaban J connectivity index is 2.82. The number of carboxylic acid groups (broad SMARTS) is 1. The summed E-state index contributed by atoms with van der Waals surface area (Å²) in [5, 5.41) is 8.74. The quantitative estimate of drug-likeness (QED) is 0.729. The lowest BCUT2D eigenvalue weighted by Crippen LogP contribution is -2.41. The molecule has 18 heavy (non-hydrogen) atoms. The van der Waals surface area contributed by atoms with Crippen LogP contribution in [0.4, 0.5) is 0 Å². The number of carbonyl (C=O) groups is 2. The predicted molar refractivity (Wildman–Crippen MR) is 67.8 cm³/mol. The van der Waals surface area contributed by atoms with Crippen LogP contribution >= 0.6 is 0 Å². The lowest BCUT2D eigenvalue weighted by molar-refractivity contribution is -0.144. The van der Waals surface area contributed by atoms with Gasteiger partial charge in [0.1, 0.15) is 12.6 Å². The summed E-state index contributed by atoms with van der Waals surface area (Å²) in [6.45, 7) is 3.27. The molecule has 0 aromatic heterocycles. The summed E-state index contributed by atoms with van der Waals surface area (Å²) < 4.78 is 0. The van der Waals surface area contributed by atoms with Crippen molar-refractivity contribution in [3.63, 3.8) is 0 Å². The van der Waals surface area contributed by atoms with Crippen LogP contribution in [-0.2, 0) is 9.59 Å². The van der Waals surface area contributed by atoms with Crippen LogP contribution in [0.3, 0.4) is 0 Å². The summed E-state index contributed by atoms with van der Waals surface area (Å²) in [6, 6.07) is 7.98. The van der Waals surface area contributed by atoms with Crippen molar-refractivity contribution < 1.29 is 14.7 Å². The average molecular weight is 248 g/mol. The van der Waals surface area contributed by atoms with Crippen molar-refractivity contribution >= 4 is 11.9 Å². The molecular formula is C13H16N2O3. The summed E-state index contributed by atoms with van der Waals surface area (Å²) in [5.74, 6) is -1.51. The number of nitrogens with zero attached hydrogens (tertiary/aromatic N) is 1. The van der Waals surface area contributed by atoms with Crippen LogP contribution in [-0.4, -0.2) is 35.0 Å². The molecule has 3 N–H and O–H groups in total. The predicted octanol–water partition coefficient (Wildman–Crippen LogP) is 0.786. The molecule has 0 saturated heterocycles. The van der Waals surface area contributed by atoms with E-state index in [1.54, 1.807) is 24.3 Å². The Morgan fingerprint density at radius 1 is 1.39 bits per heavy atom. The first kappa shape index (κ1) is 13.9. The first-order chi connectivity index (χ1) is 8.56. The largest absolute Gasteiger partial charge is 0.480 e. The molecule has 0 spiro atoms. The van der Waals surface area contributed by atoms with Gasteiger partial charge in [0.15, 0.2) is 0 Å². The minimum Gasteiger partial charge on any atom is -0.480 e. The van der Waals surface area contributed by atoms with Crippen molar-refractivity contribution in [1.82, 2.24) is 4.90 Å². The number of hydrogen-bond donors (Lipinski definition) is 2. The molecule has 0 aliphatic heterocycles. The SMILES string of the molecule is C=CCN(CC(=O)O)C(=O)C(N)c1ccccc1. The van der Waals surface area contributed by atoms with E-state index in [0.29, 0.717) is 5.56 Å². The first-order valence-corrected chi connectivity index (χ1v) is 5.48. The third-order valence-corrected chi connectivity index (χ3v) is 2.41. The Morgan fingerprint density at radius 3 is 2.50 bits per heavy atom. The number of aliphatic carboxylic acids is 1. The maximum Gasteiger partial charge on any atom is 0.323 e. The molecule has 0 aliphatic rings. The first-order valence-electron chi connectivity index (χ1n) is 5.48. The second-order valence-electron chi connectivity index (χ2n) is 3.79. The highest BCUT2D eigenvalue weighted by atomic mass is 16.4. The smallest absolute Gasteiger partial charge is 0.323 e. The molecule has 0 bridgehead atoms. The number of nitrogens with two attached hydrogens (primary N) is 1. The molecule has 5 nitrogen and oxygen atoms in total. The van der Waals surface area contributed by atoms with Crippen LogP contribution in [0.5, 0.6) is 0 Å². The van der Waals surface area contributed by atoms with Gasteiger partial charge < -0.3 is 15.7 Å². The molecule has 1 atom stereocenters. The van der Waals surface area contributed by atoms with Crippen LogP contribution in [0.15, 0.2) is 43.0 Å². The number of carbonyl (C=O) groups excluding carboxylic acids is 1. The van der Waals surface area contributed by atoms with Crippen molar-refractivity contribution in [3.8, 4) is 0 Å². The molecule has 0 fully saturated rings. The van der Waals surface area contributed by atoms with Gasteiger partial charge in [-0.05, 0) is 5.56 Å². The van der Waals surface area contributed by atoms with E-state index in [1.165, 1.54) is 6.08 Å². The van der Waals surface area contributed by atoms with Crippen LogP contribution < -0.4 is 5.73 Å². The number of hydrogen-bond acceptors (Lipinski definition) is 3. The summed E-state index contributed by atoms with van der Waals surface area (Å²) in [7, 11) is 0. The highest BCUT2D eigenvalue weighted by Crippen LogP contribution is 2.12. The second kappa shape index (κ2) is 6.56. The van der Waals surface area contributed by atoms with Crippen molar-refractivity contribution in [2.24, 2.45) is 5.73 Å². The fourth-order valence-corrected chi connectivity index (χ4v) is 1.55. The van der Waals surface area contributed by atoms with E-state index in [0.717, 1.165) is 4.90 Å². The van der Waals surface area contributed by atoms with E-state index in [1.807, 2.05) is 6.07 Å². The highest BCUT2D eigenvalue weighted by Gasteiger charge is 2.23. The summed E-state index contributed by atoms with van der Waals surface area (Å²) in [4.78, 5) is 23.9. The Bertz CT molecular complexity index is 431. The molecule has 0 saturated carbocycles. The van der Waals surface area contributed by atoms with E-state index < -0.39 is 17.9 Å². The fourth-order valence-electron chi connectivity index (χ4n) is 1.55. The summed E-state index contributed by atoms with van der Waals surface area (Å²) >= 11 is 0. The molecule has 1 aromatic rings. The minimum absolute atomic E-state index is 0.158. The van der Waals surface area contributed by atoms with Gasteiger partial charge in [0, 0.05) is 6.54 Å². The van der Waals surface area contributed by atoms with E-state index in [9.17, 15) is 9.59 Å². The average Bonchev–Trinajstić information content (AvgIpc) is 2.37. The van der Waals surface area contributed by atoms with Crippen molar-refractivity contribution in [2.45, 2.75) is 6.04 Å². The molecule has 5 heteroatoms. The molecule has 0 heterocycles. The standard InChI is InChI=1S/C13H16N2O3/c1-2-8-15(9-11(16)17)13(18)12(14)10-6-4-3-5-7-10/h2-7,12H,1,8-9,14H2,(H,16,17). The monoisotopic (exact) mass is 248 g/mol. The van der Waals surface area contributed by atoms with Gasteiger partial charge >= 0.3 is 5.97 Å². The zero-order valence-corrected chi connectivity index (χ0v) is 9.95.